The van der Waals surface area contributed by atoms with Crippen LogP contribution in [0.3, 0.4) is 0 Å². The van der Waals surface area contributed by atoms with E-state index in [9.17, 15) is 5.26 Å². The smallest absolute Gasteiger partial charge is 0.0995 e. The highest BCUT2D eigenvalue weighted by Gasteiger charge is 2.22. The average molecular weight is 249 g/mol. The molecule has 0 aromatic heterocycles. The standard InChI is InChI=1S/C16H15N3/c17-9-13-7-4-8-14(12-5-2-1-3-6-12)16(13)15-10-18-11-19-15/h1-8,15,18-19H,10-11H2. The van der Waals surface area contributed by atoms with Crippen molar-refractivity contribution < 1.29 is 0 Å². The molecule has 3 rings (SSSR count). The van der Waals surface area contributed by atoms with Crippen molar-refractivity contribution in [2.75, 3.05) is 13.2 Å². The zero-order chi connectivity index (χ0) is 13.1. The predicted octanol–water partition coefficient (Wildman–Crippen LogP) is 2.42. The van der Waals surface area contributed by atoms with Gasteiger partial charge in [-0.2, -0.15) is 5.26 Å². The fraction of sp³-hybridized carbons (Fsp3) is 0.188. The maximum Gasteiger partial charge on any atom is 0.0995 e. The second-order valence-corrected chi connectivity index (χ2v) is 4.63. The lowest BCUT2D eigenvalue weighted by molar-refractivity contribution is 0.676. The van der Waals surface area contributed by atoms with E-state index in [1.165, 1.54) is 0 Å². The SMILES string of the molecule is N#Cc1cccc(-c2ccccc2)c1C1CNCN1. The van der Waals surface area contributed by atoms with Crippen LogP contribution >= 0.6 is 0 Å². The number of nitrogens with one attached hydrogen (secondary N) is 2. The van der Waals surface area contributed by atoms with Crippen molar-refractivity contribution in [1.82, 2.24) is 10.6 Å². The topological polar surface area (TPSA) is 47.9 Å². The summed E-state index contributed by atoms with van der Waals surface area (Å²) in [5, 5.41) is 16.0. The van der Waals surface area contributed by atoms with Crippen LogP contribution in [0.15, 0.2) is 48.5 Å². The Balaban J connectivity index is 2.16. The number of benzene rings is 2. The second kappa shape index (κ2) is 5.23. The average Bonchev–Trinajstić information content (AvgIpc) is 3.01. The highest BCUT2D eigenvalue weighted by atomic mass is 15.2. The molecule has 0 aliphatic carbocycles. The number of nitrogens with zero attached hydrogens (tertiary/aromatic N) is 1. The van der Waals surface area contributed by atoms with Crippen LogP contribution in [0.5, 0.6) is 0 Å². The summed E-state index contributed by atoms with van der Waals surface area (Å²) >= 11 is 0. The Kier molecular flexibility index (Phi) is 3.28. The minimum Gasteiger partial charge on any atom is -0.303 e. The van der Waals surface area contributed by atoms with E-state index in [0.717, 1.165) is 35.5 Å². The summed E-state index contributed by atoms with van der Waals surface area (Å²) in [6.07, 6.45) is 0. The summed E-state index contributed by atoms with van der Waals surface area (Å²) in [6.45, 7) is 1.65. The summed E-state index contributed by atoms with van der Waals surface area (Å²) in [5.74, 6) is 0. The zero-order valence-corrected chi connectivity index (χ0v) is 10.6. The van der Waals surface area contributed by atoms with Gasteiger partial charge in [0, 0.05) is 19.3 Å². The molecule has 1 fully saturated rings. The molecule has 2 aromatic carbocycles. The highest BCUT2D eigenvalue weighted by Crippen LogP contribution is 2.31. The molecule has 1 atom stereocenters. The van der Waals surface area contributed by atoms with Gasteiger partial charge in [-0.15, -0.1) is 0 Å². The first-order valence-electron chi connectivity index (χ1n) is 6.42. The van der Waals surface area contributed by atoms with Gasteiger partial charge in [-0.05, 0) is 22.8 Å². The quantitative estimate of drug-likeness (QED) is 0.859. The Bertz CT molecular complexity index is 608. The van der Waals surface area contributed by atoms with Gasteiger partial charge in [0.25, 0.3) is 0 Å². The maximum absolute atomic E-state index is 9.35. The van der Waals surface area contributed by atoms with Crippen LogP contribution in [0.1, 0.15) is 17.2 Å². The molecule has 1 saturated heterocycles. The summed E-state index contributed by atoms with van der Waals surface area (Å²) in [6, 6.07) is 18.7. The van der Waals surface area contributed by atoms with Crippen molar-refractivity contribution in [1.29, 1.82) is 5.26 Å². The molecule has 2 aromatic rings. The molecular formula is C16H15N3. The van der Waals surface area contributed by atoms with Gasteiger partial charge >= 0.3 is 0 Å². The van der Waals surface area contributed by atoms with Crippen molar-refractivity contribution in [2.24, 2.45) is 0 Å². The van der Waals surface area contributed by atoms with Crippen molar-refractivity contribution in [3.05, 3.63) is 59.7 Å². The summed E-state index contributed by atoms with van der Waals surface area (Å²) in [4.78, 5) is 0. The van der Waals surface area contributed by atoms with Crippen molar-refractivity contribution in [3.8, 4) is 17.2 Å². The molecule has 0 spiro atoms. The van der Waals surface area contributed by atoms with E-state index >= 15 is 0 Å². The Morgan fingerprint density at radius 1 is 1.05 bits per heavy atom. The Morgan fingerprint density at radius 2 is 1.89 bits per heavy atom. The first kappa shape index (κ1) is 11.9. The fourth-order valence-corrected chi connectivity index (χ4v) is 2.60. The molecule has 0 radical (unpaired) electrons. The van der Waals surface area contributed by atoms with Crippen LogP contribution in [-0.2, 0) is 0 Å². The van der Waals surface area contributed by atoms with Crippen molar-refractivity contribution >= 4 is 0 Å². The van der Waals surface area contributed by atoms with E-state index in [4.69, 9.17) is 0 Å². The predicted molar refractivity (Wildman–Crippen MR) is 75.3 cm³/mol. The molecule has 1 aliphatic rings. The van der Waals surface area contributed by atoms with Crippen LogP contribution in [0.4, 0.5) is 0 Å². The van der Waals surface area contributed by atoms with E-state index in [1.807, 2.05) is 30.3 Å². The Labute approximate surface area is 112 Å². The van der Waals surface area contributed by atoms with Gasteiger partial charge in [0.2, 0.25) is 0 Å². The van der Waals surface area contributed by atoms with Gasteiger partial charge in [0.15, 0.2) is 0 Å². The lowest BCUT2D eigenvalue weighted by atomic mass is 9.91. The van der Waals surface area contributed by atoms with Gasteiger partial charge in [-0.3, -0.25) is 5.32 Å². The summed E-state index contributed by atoms with van der Waals surface area (Å²) in [7, 11) is 0. The first-order valence-corrected chi connectivity index (χ1v) is 6.42. The molecule has 3 heteroatoms. The molecule has 0 amide bonds. The van der Waals surface area contributed by atoms with Gasteiger partial charge in [0.1, 0.15) is 0 Å². The minimum absolute atomic E-state index is 0.200. The maximum atomic E-state index is 9.35. The van der Waals surface area contributed by atoms with Crippen molar-refractivity contribution in [2.45, 2.75) is 6.04 Å². The van der Waals surface area contributed by atoms with E-state index < -0.39 is 0 Å². The molecule has 1 heterocycles. The third-order valence-electron chi connectivity index (χ3n) is 3.48. The van der Waals surface area contributed by atoms with Crippen LogP contribution in [-0.4, -0.2) is 13.2 Å². The number of hydrogen-bond donors (Lipinski definition) is 2. The normalized spacial score (nSPS) is 18.2. The largest absolute Gasteiger partial charge is 0.303 e. The molecule has 1 aliphatic heterocycles. The highest BCUT2D eigenvalue weighted by molar-refractivity contribution is 5.71. The molecule has 1 unspecified atom stereocenters. The van der Waals surface area contributed by atoms with Gasteiger partial charge in [-0.1, -0.05) is 42.5 Å². The lowest BCUT2D eigenvalue weighted by Crippen LogP contribution is -2.17. The first-order chi connectivity index (χ1) is 9.40. The van der Waals surface area contributed by atoms with Gasteiger partial charge in [0.05, 0.1) is 11.6 Å². The lowest BCUT2D eigenvalue weighted by Gasteiger charge is -2.17. The number of rotatable bonds is 2. The number of nitriles is 1. The Hall–Kier alpha value is -2.15. The molecule has 0 saturated carbocycles. The third-order valence-corrected chi connectivity index (χ3v) is 3.48. The molecule has 2 N–H and O–H groups in total. The van der Waals surface area contributed by atoms with E-state index in [-0.39, 0.29) is 6.04 Å². The molecular weight excluding hydrogens is 234 g/mol. The Morgan fingerprint density at radius 3 is 2.58 bits per heavy atom. The van der Waals surface area contributed by atoms with E-state index in [1.54, 1.807) is 0 Å². The van der Waals surface area contributed by atoms with E-state index in [2.05, 4.69) is 34.9 Å². The third kappa shape index (κ3) is 2.24. The van der Waals surface area contributed by atoms with Crippen LogP contribution in [0.25, 0.3) is 11.1 Å². The van der Waals surface area contributed by atoms with Crippen LogP contribution in [0, 0.1) is 11.3 Å². The molecule has 19 heavy (non-hydrogen) atoms. The fourth-order valence-electron chi connectivity index (χ4n) is 2.60. The van der Waals surface area contributed by atoms with Gasteiger partial charge < -0.3 is 5.32 Å². The summed E-state index contributed by atoms with van der Waals surface area (Å²) < 4.78 is 0. The minimum atomic E-state index is 0.200. The second-order valence-electron chi connectivity index (χ2n) is 4.63. The van der Waals surface area contributed by atoms with Crippen LogP contribution < -0.4 is 10.6 Å². The zero-order valence-electron chi connectivity index (χ0n) is 10.6. The van der Waals surface area contributed by atoms with Gasteiger partial charge in [-0.25, -0.2) is 0 Å². The summed E-state index contributed by atoms with van der Waals surface area (Å²) in [5.41, 5.74) is 4.15. The molecule has 94 valence electrons. The van der Waals surface area contributed by atoms with E-state index in [0.29, 0.717) is 0 Å². The molecule has 0 bridgehead atoms. The van der Waals surface area contributed by atoms with Crippen molar-refractivity contribution in [3.63, 3.8) is 0 Å². The van der Waals surface area contributed by atoms with Crippen LogP contribution in [0.2, 0.25) is 0 Å². The molecule has 3 nitrogen and oxygen atoms in total. The number of hydrogen-bond acceptors (Lipinski definition) is 3. The monoisotopic (exact) mass is 249 g/mol.